The highest BCUT2D eigenvalue weighted by atomic mass is 31.2. The van der Waals surface area contributed by atoms with Crippen LogP contribution in [-0.4, -0.2) is 76.4 Å². The number of benzene rings is 1. The Hall–Kier alpha value is -3.39. The van der Waals surface area contributed by atoms with Gasteiger partial charge in [0.25, 0.3) is 11.8 Å². The van der Waals surface area contributed by atoms with Gasteiger partial charge in [-0.15, -0.1) is 0 Å². The van der Waals surface area contributed by atoms with Crippen molar-refractivity contribution in [1.82, 2.24) is 15.3 Å². The van der Waals surface area contributed by atoms with E-state index in [1.165, 1.54) is 20.4 Å². The molecule has 0 bridgehead atoms. The van der Waals surface area contributed by atoms with E-state index in [1.807, 2.05) is 20.8 Å². The molecule has 2 saturated carbocycles. The van der Waals surface area contributed by atoms with Crippen LogP contribution in [0.4, 0.5) is 31.9 Å². The highest BCUT2D eigenvalue weighted by Crippen LogP contribution is 2.54. The van der Waals surface area contributed by atoms with Crippen LogP contribution < -0.4 is 25.2 Å². The molecular weight excluding hydrogens is 697 g/mol. The van der Waals surface area contributed by atoms with Crippen molar-refractivity contribution in [2.75, 3.05) is 35.8 Å². The van der Waals surface area contributed by atoms with Gasteiger partial charge in [0, 0.05) is 24.7 Å². The van der Waals surface area contributed by atoms with Gasteiger partial charge in [-0.05, 0) is 66.5 Å². The smallest absolute Gasteiger partial charge is 0.469 e. The van der Waals surface area contributed by atoms with E-state index in [4.69, 9.17) is 9.26 Å². The Morgan fingerprint density at radius 1 is 1.02 bits per heavy atom. The zero-order valence-electron chi connectivity index (χ0n) is 31.3. The molecular formula is C36H53F2N6O7P. The van der Waals surface area contributed by atoms with Crippen LogP contribution >= 0.6 is 7.82 Å². The molecule has 16 heteroatoms. The van der Waals surface area contributed by atoms with Gasteiger partial charge in [0.15, 0.2) is 5.82 Å². The summed E-state index contributed by atoms with van der Waals surface area (Å²) in [4.78, 5) is 57.4. The zero-order valence-corrected chi connectivity index (χ0v) is 32.2. The Kier molecular flexibility index (Phi) is 11.3. The number of nitrogens with one attached hydrogen (secondary N) is 2. The lowest BCUT2D eigenvalue weighted by Crippen LogP contribution is -2.57. The van der Waals surface area contributed by atoms with Crippen LogP contribution in [0.25, 0.3) is 0 Å². The van der Waals surface area contributed by atoms with Gasteiger partial charge in [-0.1, -0.05) is 60.8 Å². The lowest BCUT2D eigenvalue weighted by atomic mass is 9.56. The van der Waals surface area contributed by atoms with E-state index in [-0.39, 0.29) is 52.7 Å². The number of carbonyl (C=O) groups excluding carboxylic acids is 2. The number of hydrogen-bond donors (Lipinski definition) is 4. The minimum Gasteiger partial charge on any atom is -0.495 e. The number of phosphoric ester groups is 1. The summed E-state index contributed by atoms with van der Waals surface area (Å²) in [5.74, 6) is -5.05. The van der Waals surface area contributed by atoms with E-state index in [1.54, 1.807) is 23.1 Å². The third-order valence-corrected chi connectivity index (χ3v) is 11.2. The fourth-order valence-electron chi connectivity index (χ4n) is 8.47. The molecule has 2 aromatic rings. The number of aromatic nitrogens is 2. The standard InChI is InChI=1S/C36H53F2N6O7P/c1-34(2,3)28-24(16-17-26(51-52(47,48)49)29(28)35(4,5)6)40-31(45)21-14-15-23(27(18-21)50-8)41-33-39-19-25-30(42-33)44(22-12-10-9-11-13-22)20-36(37,38)32(46)43(25)7/h14-15,18-19,22,24,26,28-29H,9-13,16-17,20H2,1-8H3,(H,40,45)(H,39,41,42)(H2,47,48,49). The number of fused-ring (bicyclic) bond motifs is 1. The van der Waals surface area contributed by atoms with Crippen molar-refractivity contribution in [1.29, 1.82) is 0 Å². The minimum absolute atomic E-state index is 0.108. The molecule has 4 N–H and O–H groups in total. The number of rotatable bonds is 8. The van der Waals surface area contributed by atoms with Crippen LogP contribution in [0, 0.1) is 22.7 Å². The van der Waals surface area contributed by atoms with Crippen LogP contribution in [-0.2, 0) is 13.9 Å². The maximum atomic E-state index is 15.1. The van der Waals surface area contributed by atoms with Gasteiger partial charge in [0.1, 0.15) is 11.4 Å². The number of amides is 2. The maximum absolute atomic E-state index is 15.1. The third kappa shape index (κ3) is 8.69. The Morgan fingerprint density at radius 3 is 2.27 bits per heavy atom. The summed E-state index contributed by atoms with van der Waals surface area (Å²) in [5, 5.41) is 6.31. The molecule has 2 amide bonds. The van der Waals surface area contributed by atoms with E-state index < -0.39 is 37.7 Å². The second-order valence-corrected chi connectivity index (χ2v) is 17.7. The van der Waals surface area contributed by atoms with Crippen molar-refractivity contribution < 1.29 is 42.0 Å². The van der Waals surface area contributed by atoms with Crippen LogP contribution in [0.3, 0.4) is 0 Å². The Balaban J connectivity index is 1.40. The molecule has 2 fully saturated rings. The van der Waals surface area contributed by atoms with Gasteiger partial charge >= 0.3 is 13.7 Å². The lowest BCUT2D eigenvalue weighted by Gasteiger charge is -2.53. The number of hydrogen-bond acceptors (Lipinski definition) is 9. The predicted molar refractivity (Wildman–Crippen MR) is 194 cm³/mol. The number of nitrogens with zero attached hydrogens (tertiary/aromatic N) is 4. The molecule has 0 radical (unpaired) electrons. The van der Waals surface area contributed by atoms with Crippen LogP contribution in [0.5, 0.6) is 5.75 Å². The molecule has 288 valence electrons. The number of anilines is 4. The molecule has 0 spiro atoms. The van der Waals surface area contributed by atoms with Gasteiger partial charge in [0.05, 0.1) is 31.6 Å². The lowest BCUT2D eigenvalue weighted by molar-refractivity contribution is -0.140. The van der Waals surface area contributed by atoms with Crippen molar-refractivity contribution in [3.63, 3.8) is 0 Å². The molecule has 4 atom stereocenters. The summed E-state index contributed by atoms with van der Waals surface area (Å²) in [6.07, 6.45) is 5.76. The summed E-state index contributed by atoms with van der Waals surface area (Å²) in [6.45, 7) is 11.4. The largest absolute Gasteiger partial charge is 0.495 e. The minimum atomic E-state index is -4.75. The number of carbonyl (C=O) groups is 2. The summed E-state index contributed by atoms with van der Waals surface area (Å²) in [7, 11) is -1.99. The van der Waals surface area contributed by atoms with Gasteiger partial charge in [-0.3, -0.25) is 14.1 Å². The molecule has 3 aliphatic rings. The SMILES string of the molecule is COc1cc(C(=O)NC2CCC(OP(=O)(O)O)C(C(C)(C)C)C2C(C)(C)C)ccc1Nc1ncc2c(n1)N(C1CCCCC1)CC(F)(F)C(=O)N2C. The van der Waals surface area contributed by atoms with Gasteiger partial charge in [0.2, 0.25) is 5.95 Å². The first kappa shape index (κ1) is 39.8. The second-order valence-electron chi connectivity index (χ2n) is 16.5. The molecule has 2 heterocycles. The topological polar surface area (TPSA) is 166 Å². The Morgan fingerprint density at radius 2 is 1.67 bits per heavy atom. The average Bonchev–Trinajstić information content (AvgIpc) is 3.12. The van der Waals surface area contributed by atoms with E-state index >= 15 is 8.78 Å². The number of alkyl halides is 2. The average molecular weight is 751 g/mol. The molecule has 1 aromatic carbocycles. The number of ether oxygens (including phenoxy) is 1. The molecule has 1 aromatic heterocycles. The fraction of sp³-hybridized carbons (Fsp3) is 0.667. The van der Waals surface area contributed by atoms with Crippen LogP contribution in [0.15, 0.2) is 24.4 Å². The Bertz CT molecular complexity index is 1690. The van der Waals surface area contributed by atoms with Crippen molar-refractivity contribution in [2.45, 2.75) is 111 Å². The number of phosphoric acid groups is 1. The quantitative estimate of drug-likeness (QED) is 0.213. The van der Waals surface area contributed by atoms with Crippen LogP contribution in [0.1, 0.15) is 96.8 Å². The summed E-state index contributed by atoms with van der Waals surface area (Å²) in [6, 6.07) is 4.35. The summed E-state index contributed by atoms with van der Waals surface area (Å²) < 4.78 is 53.1. The highest BCUT2D eigenvalue weighted by molar-refractivity contribution is 7.46. The van der Waals surface area contributed by atoms with Gasteiger partial charge < -0.3 is 35.0 Å². The van der Waals surface area contributed by atoms with Crippen molar-refractivity contribution in [2.24, 2.45) is 22.7 Å². The van der Waals surface area contributed by atoms with E-state index in [0.717, 1.165) is 24.2 Å². The fourth-order valence-corrected chi connectivity index (χ4v) is 9.06. The first-order valence-electron chi connectivity index (χ1n) is 17.9. The van der Waals surface area contributed by atoms with Gasteiger partial charge in [-0.2, -0.15) is 13.8 Å². The predicted octanol–water partition coefficient (Wildman–Crippen LogP) is 6.67. The van der Waals surface area contributed by atoms with Gasteiger partial charge in [-0.25, -0.2) is 9.55 Å². The van der Waals surface area contributed by atoms with Crippen LogP contribution in [0.2, 0.25) is 0 Å². The van der Waals surface area contributed by atoms with Crippen molar-refractivity contribution in [3.8, 4) is 5.75 Å². The number of methoxy groups -OCH3 is 1. The van der Waals surface area contributed by atoms with E-state index in [0.29, 0.717) is 42.7 Å². The maximum Gasteiger partial charge on any atom is 0.469 e. The first-order valence-corrected chi connectivity index (χ1v) is 19.4. The third-order valence-electron chi connectivity index (χ3n) is 10.7. The summed E-state index contributed by atoms with van der Waals surface area (Å²) in [5.41, 5.74) is 0.208. The van der Waals surface area contributed by atoms with Crippen molar-refractivity contribution >= 4 is 42.8 Å². The van der Waals surface area contributed by atoms with E-state index in [2.05, 4.69) is 41.4 Å². The molecule has 13 nitrogen and oxygen atoms in total. The first-order chi connectivity index (χ1) is 24.1. The second kappa shape index (κ2) is 14.8. The summed E-state index contributed by atoms with van der Waals surface area (Å²) >= 11 is 0. The molecule has 1 aliphatic heterocycles. The molecule has 0 saturated heterocycles. The normalized spacial score (nSPS) is 24.6. The molecule has 52 heavy (non-hydrogen) atoms. The molecule has 4 unspecified atom stereocenters. The monoisotopic (exact) mass is 750 g/mol. The molecule has 5 rings (SSSR count). The van der Waals surface area contributed by atoms with Crippen molar-refractivity contribution in [3.05, 3.63) is 30.0 Å². The zero-order chi connectivity index (χ0) is 38.4. The number of halogens is 2. The highest BCUT2D eigenvalue weighted by Gasteiger charge is 2.52. The molecule has 2 aliphatic carbocycles. The Labute approximate surface area is 304 Å². The van der Waals surface area contributed by atoms with E-state index in [9.17, 15) is 23.9 Å².